The van der Waals surface area contributed by atoms with Crippen LogP contribution in [0.5, 0.6) is 0 Å². The zero-order valence-corrected chi connectivity index (χ0v) is 17.7. The van der Waals surface area contributed by atoms with Gasteiger partial charge in [-0.3, -0.25) is 24.6 Å². The van der Waals surface area contributed by atoms with Crippen LogP contribution in [0, 0.1) is 30.9 Å². The third-order valence-electron chi connectivity index (χ3n) is 5.42. The molecule has 162 valence electrons. The second kappa shape index (κ2) is 7.81. The molecular weight excluding hydrogens is 412 g/mol. The van der Waals surface area contributed by atoms with Crippen molar-refractivity contribution in [2.24, 2.45) is 0 Å². The van der Waals surface area contributed by atoms with Crippen molar-refractivity contribution in [3.05, 3.63) is 98.5 Å². The van der Waals surface area contributed by atoms with E-state index < -0.39 is 28.4 Å². The molecule has 0 saturated carbocycles. The highest BCUT2D eigenvalue weighted by Crippen LogP contribution is 2.43. The number of nitro benzene ring substituents is 1. The summed E-state index contributed by atoms with van der Waals surface area (Å²) in [5.74, 6) is -1.34. The van der Waals surface area contributed by atoms with E-state index in [1.807, 2.05) is 26.0 Å². The van der Waals surface area contributed by atoms with Crippen molar-refractivity contribution >= 4 is 28.8 Å². The number of amides is 1. The van der Waals surface area contributed by atoms with E-state index in [0.717, 1.165) is 17.2 Å². The standard InChI is InChI=1S/C24H20N2O6/c1-13-7-9-18(14(2)11-13)25-21(19-10-8-15(3)32-19)20(23(28)24(25)29)22(27)16-5-4-6-17(12-16)26(30)31/h4-12,21,27H,1-3H3/b22-20-. The van der Waals surface area contributed by atoms with Crippen LogP contribution in [-0.4, -0.2) is 21.7 Å². The Morgan fingerprint density at radius 2 is 1.81 bits per heavy atom. The number of ketones is 1. The fourth-order valence-corrected chi connectivity index (χ4v) is 3.95. The number of hydrogen-bond donors (Lipinski definition) is 1. The summed E-state index contributed by atoms with van der Waals surface area (Å²) in [7, 11) is 0. The van der Waals surface area contributed by atoms with Gasteiger partial charge in [-0.2, -0.15) is 0 Å². The number of aryl methyl sites for hydroxylation is 3. The Kier molecular flexibility index (Phi) is 5.14. The summed E-state index contributed by atoms with van der Waals surface area (Å²) in [4.78, 5) is 38.1. The molecule has 0 spiro atoms. The van der Waals surface area contributed by atoms with Gasteiger partial charge in [0.05, 0.1) is 10.5 Å². The van der Waals surface area contributed by atoms with Crippen LogP contribution >= 0.6 is 0 Å². The van der Waals surface area contributed by atoms with E-state index >= 15 is 0 Å². The third kappa shape index (κ3) is 3.45. The summed E-state index contributed by atoms with van der Waals surface area (Å²) in [5, 5.41) is 22.2. The van der Waals surface area contributed by atoms with Gasteiger partial charge in [0.2, 0.25) is 0 Å². The smallest absolute Gasteiger partial charge is 0.300 e. The number of aliphatic hydroxyl groups is 1. The van der Waals surface area contributed by atoms with Crippen molar-refractivity contribution in [3.8, 4) is 0 Å². The quantitative estimate of drug-likeness (QED) is 0.209. The number of nitro groups is 1. The minimum atomic E-state index is -1.02. The van der Waals surface area contributed by atoms with Crippen LogP contribution < -0.4 is 4.90 Å². The van der Waals surface area contributed by atoms with Crippen molar-refractivity contribution in [1.82, 2.24) is 0 Å². The average molecular weight is 432 g/mol. The largest absolute Gasteiger partial charge is 0.507 e. The first kappa shape index (κ1) is 21.0. The molecule has 0 bridgehead atoms. The number of carbonyl (C=O) groups excluding carboxylic acids is 2. The van der Waals surface area contributed by atoms with Crippen molar-refractivity contribution in [2.75, 3.05) is 4.90 Å². The van der Waals surface area contributed by atoms with Gasteiger partial charge in [0.1, 0.15) is 23.3 Å². The van der Waals surface area contributed by atoms with E-state index in [9.17, 15) is 24.8 Å². The van der Waals surface area contributed by atoms with Crippen LogP contribution in [0.1, 0.15) is 34.3 Å². The van der Waals surface area contributed by atoms with Crippen molar-refractivity contribution < 1.29 is 24.0 Å². The highest BCUT2D eigenvalue weighted by molar-refractivity contribution is 6.51. The van der Waals surface area contributed by atoms with Crippen molar-refractivity contribution in [1.29, 1.82) is 0 Å². The number of rotatable bonds is 4. The summed E-state index contributed by atoms with van der Waals surface area (Å²) in [6.07, 6.45) is 0. The summed E-state index contributed by atoms with van der Waals surface area (Å²) < 4.78 is 5.76. The SMILES string of the molecule is Cc1ccc(N2C(=O)C(=O)/C(=C(\O)c3cccc([N+](=O)[O-])c3)C2c2ccc(C)o2)c(C)c1. The average Bonchev–Trinajstić information content (AvgIpc) is 3.29. The van der Waals surface area contributed by atoms with Crippen LogP contribution in [0.3, 0.4) is 0 Å². The minimum Gasteiger partial charge on any atom is -0.507 e. The maximum Gasteiger partial charge on any atom is 0.300 e. The van der Waals surface area contributed by atoms with Gasteiger partial charge in [-0.05, 0) is 44.5 Å². The summed E-state index contributed by atoms with van der Waals surface area (Å²) in [6.45, 7) is 5.47. The Balaban J connectivity index is 1.96. The number of furan rings is 1. The molecule has 1 fully saturated rings. The zero-order valence-electron chi connectivity index (χ0n) is 17.7. The topological polar surface area (TPSA) is 114 Å². The number of benzene rings is 2. The van der Waals surface area contributed by atoms with Crippen LogP contribution in [0.4, 0.5) is 11.4 Å². The van der Waals surface area contributed by atoms with E-state index in [4.69, 9.17) is 4.42 Å². The lowest BCUT2D eigenvalue weighted by molar-refractivity contribution is -0.384. The molecule has 0 aliphatic carbocycles. The molecular formula is C24H20N2O6. The van der Waals surface area contributed by atoms with Crippen LogP contribution in [0.25, 0.3) is 5.76 Å². The Bertz CT molecular complexity index is 1300. The first-order valence-corrected chi connectivity index (χ1v) is 9.88. The second-order valence-electron chi connectivity index (χ2n) is 7.71. The molecule has 1 amide bonds. The van der Waals surface area contributed by atoms with Gasteiger partial charge in [0, 0.05) is 23.4 Å². The molecule has 0 radical (unpaired) electrons. The van der Waals surface area contributed by atoms with Gasteiger partial charge in [-0.15, -0.1) is 0 Å². The molecule has 1 unspecified atom stereocenters. The summed E-state index contributed by atoms with van der Waals surface area (Å²) >= 11 is 0. The molecule has 1 aliphatic rings. The lowest BCUT2D eigenvalue weighted by atomic mass is 9.98. The highest BCUT2D eigenvalue weighted by atomic mass is 16.6. The predicted molar refractivity (Wildman–Crippen MR) is 117 cm³/mol. The number of aliphatic hydroxyl groups excluding tert-OH is 1. The predicted octanol–water partition coefficient (Wildman–Crippen LogP) is 4.74. The second-order valence-corrected chi connectivity index (χ2v) is 7.71. The summed E-state index contributed by atoms with van der Waals surface area (Å²) in [6, 6.07) is 13.1. The van der Waals surface area contributed by atoms with Gasteiger partial charge in [-0.25, -0.2) is 0 Å². The van der Waals surface area contributed by atoms with Crippen LogP contribution in [0.2, 0.25) is 0 Å². The summed E-state index contributed by atoms with van der Waals surface area (Å²) in [5.41, 5.74) is 1.90. The van der Waals surface area contributed by atoms with Gasteiger partial charge in [0.15, 0.2) is 0 Å². The molecule has 1 atom stereocenters. The van der Waals surface area contributed by atoms with Gasteiger partial charge < -0.3 is 9.52 Å². The molecule has 2 heterocycles. The molecule has 1 aromatic heterocycles. The van der Waals surface area contributed by atoms with E-state index in [1.165, 1.54) is 23.1 Å². The maximum atomic E-state index is 13.1. The number of non-ortho nitro benzene ring substituents is 1. The number of Topliss-reactive ketones (excluding diaryl/α,β-unsaturated/α-hetero) is 1. The molecule has 2 aromatic carbocycles. The van der Waals surface area contributed by atoms with Gasteiger partial charge in [-0.1, -0.05) is 29.8 Å². The van der Waals surface area contributed by atoms with Crippen LogP contribution in [0.15, 0.2) is 64.6 Å². The third-order valence-corrected chi connectivity index (χ3v) is 5.42. The molecule has 3 aromatic rings. The van der Waals surface area contributed by atoms with E-state index in [0.29, 0.717) is 17.2 Å². The van der Waals surface area contributed by atoms with Gasteiger partial charge in [0.25, 0.3) is 17.4 Å². The Morgan fingerprint density at radius 1 is 1.06 bits per heavy atom. The molecule has 32 heavy (non-hydrogen) atoms. The molecule has 4 rings (SSSR count). The molecule has 8 nitrogen and oxygen atoms in total. The first-order chi connectivity index (χ1) is 15.2. The Morgan fingerprint density at radius 3 is 2.44 bits per heavy atom. The molecule has 8 heteroatoms. The fraction of sp³-hybridized carbons (Fsp3) is 0.167. The Labute approximate surface area is 183 Å². The fourth-order valence-electron chi connectivity index (χ4n) is 3.95. The normalized spacial score (nSPS) is 17.7. The Hall–Kier alpha value is -4.20. The molecule has 1 N–H and O–H groups in total. The van der Waals surface area contributed by atoms with Crippen molar-refractivity contribution in [3.63, 3.8) is 0 Å². The highest BCUT2D eigenvalue weighted by Gasteiger charge is 2.48. The monoisotopic (exact) mass is 432 g/mol. The van der Waals surface area contributed by atoms with E-state index in [1.54, 1.807) is 25.1 Å². The number of carbonyl (C=O) groups is 2. The number of nitrogens with zero attached hydrogens (tertiary/aromatic N) is 2. The molecule has 1 aliphatic heterocycles. The number of hydrogen-bond acceptors (Lipinski definition) is 6. The minimum absolute atomic E-state index is 0.0612. The molecule has 1 saturated heterocycles. The van der Waals surface area contributed by atoms with Crippen molar-refractivity contribution in [2.45, 2.75) is 26.8 Å². The lowest BCUT2D eigenvalue weighted by Crippen LogP contribution is -2.30. The van der Waals surface area contributed by atoms with E-state index in [2.05, 4.69) is 0 Å². The van der Waals surface area contributed by atoms with Gasteiger partial charge >= 0.3 is 0 Å². The van der Waals surface area contributed by atoms with Crippen LogP contribution in [-0.2, 0) is 9.59 Å². The first-order valence-electron chi connectivity index (χ1n) is 9.88. The van der Waals surface area contributed by atoms with E-state index in [-0.39, 0.29) is 16.8 Å². The number of anilines is 1. The maximum absolute atomic E-state index is 13.1. The lowest BCUT2D eigenvalue weighted by Gasteiger charge is -2.25. The zero-order chi connectivity index (χ0) is 23.2.